The molecule has 1 atom stereocenters. The Morgan fingerprint density at radius 3 is 2.31 bits per heavy atom. The van der Waals surface area contributed by atoms with Crippen LogP contribution in [-0.2, 0) is 21.6 Å². The first-order valence-corrected chi connectivity index (χ1v) is 8.30. The van der Waals surface area contributed by atoms with Crippen LogP contribution in [0.4, 0.5) is 4.79 Å². The molecule has 1 heterocycles. The summed E-state index contributed by atoms with van der Waals surface area (Å²) < 4.78 is 4.65. The molecule has 1 aliphatic heterocycles. The second-order valence-corrected chi connectivity index (χ2v) is 6.58. The van der Waals surface area contributed by atoms with Gasteiger partial charge in [0.05, 0.1) is 19.2 Å². The summed E-state index contributed by atoms with van der Waals surface area (Å²) in [6.07, 6.45) is 0. The summed E-state index contributed by atoms with van der Waals surface area (Å²) in [7, 11) is 1.31. The number of urea groups is 1. The lowest BCUT2D eigenvalue weighted by molar-refractivity contribution is -0.131. The van der Waals surface area contributed by atoms with Crippen molar-refractivity contribution in [1.29, 1.82) is 0 Å². The van der Waals surface area contributed by atoms with E-state index in [0.717, 1.165) is 10.5 Å². The van der Waals surface area contributed by atoms with Crippen molar-refractivity contribution in [3.8, 4) is 0 Å². The largest absolute Gasteiger partial charge is 0.465 e. The summed E-state index contributed by atoms with van der Waals surface area (Å²) >= 11 is 5.89. The number of halogens is 1. The van der Waals surface area contributed by atoms with Gasteiger partial charge in [-0.2, -0.15) is 0 Å². The van der Waals surface area contributed by atoms with E-state index in [1.807, 2.05) is 0 Å². The third-order valence-corrected chi connectivity index (χ3v) is 4.66. The molecule has 3 rings (SSSR count). The van der Waals surface area contributed by atoms with Gasteiger partial charge in [-0.05, 0) is 42.3 Å². The monoisotopic (exact) mass is 372 g/mol. The quantitative estimate of drug-likeness (QED) is 0.661. The zero-order valence-electron chi connectivity index (χ0n) is 14.3. The molecular weight excluding hydrogens is 356 g/mol. The Hall–Kier alpha value is -2.86. The van der Waals surface area contributed by atoms with E-state index in [-0.39, 0.29) is 12.5 Å². The molecule has 26 heavy (non-hydrogen) atoms. The minimum atomic E-state index is -1.15. The Morgan fingerprint density at radius 2 is 1.73 bits per heavy atom. The number of hydrogen-bond acceptors (Lipinski definition) is 4. The van der Waals surface area contributed by atoms with Gasteiger partial charge >= 0.3 is 12.0 Å². The highest BCUT2D eigenvalue weighted by molar-refractivity contribution is 6.30. The number of nitrogens with zero attached hydrogens (tertiary/aromatic N) is 1. The van der Waals surface area contributed by atoms with Crippen molar-refractivity contribution in [2.45, 2.75) is 19.0 Å². The topological polar surface area (TPSA) is 75.7 Å². The van der Waals surface area contributed by atoms with Gasteiger partial charge in [-0.3, -0.25) is 9.69 Å². The minimum Gasteiger partial charge on any atom is -0.465 e. The fourth-order valence-electron chi connectivity index (χ4n) is 2.87. The zero-order valence-corrected chi connectivity index (χ0v) is 15.0. The summed E-state index contributed by atoms with van der Waals surface area (Å²) in [6, 6.07) is 12.9. The molecule has 1 aliphatic rings. The molecule has 0 aromatic heterocycles. The highest BCUT2D eigenvalue weighted by Crippen LogP contribution is 2.30. The average molecular weight is 373 g/mol. The lowest BCUT2D eigenvalue weighted by Crippen LogP contribution is -2.40. The van der Waals surface area contributed by atoms with Gasteiger partial charge in [0.15, 0.2) is 0 Å². The van der Waals surface area contributed by atoms with Crippen LogP contribution in [0.15, 0.2) is 48.5 Å². The molecule has 6 nitrogen and oxygen atoms in total. The molecule has 2 aromatic carbocycles. The van der Waals surface area contributed by atoms with Gasteiger partial charge in [-0.25, -0.2) is 9.59 Å². The van der Waals surface area contributed by atoms with Crippen molar-refractivity contribution < 1.29 is 19.1 Å². The predicted molar refractivity (Wildman–Crippen MR) is 95.7 cm³/mol. The van der Waals surface area contributed by atoms with E-state index >= 15 is 0 Å². The standard InChI is InChI=1S/C19H17ClN2O4/c1-19(14-7-9-15(20)10-8-14)17(24)22(18(25)21-19)11-12-3-5-13(6-4-12)16(23)26-2/h3-10H,11H2,1-2H3,(H,21,25)/t19-/m1/s1. The van der Waals surface area contributed by atoms with Crippen LogP contribution in [0.25, 0.3) is 0 Å². The number of hydrogen-bond donors (Lipinski definition) is 1. The second kappa shape index (κ2) is 6.80. The molecule has 1 fully saturated rings. The number of carbonyl (C=O) groups is 3. The Morgan fingerprint density at radius 1 is 1.12 bits per heavy atom. The number of imide groups is 1. The Bertz CT molecular complexity index is 864. The maximum Gasteiger partial charge on any atom is 0.337 e. The molecular formula is C19H17ClN2O4. The Labute approximate surface area is 155 Å². The summed E-state index contributed by atoms with van der Waals surface area (Å²) in [5.41, 5.74) is 0.637. The van der Waals surface area contributed by atoms with E-state index in [4.69, 9.17) is 11.6 Å². The van der Waals surface area contributed by atoms with Gasteiger partial charge < -0.3 is 10.1 Å². The predicted octanol–water partition coefficient (Wildman–Crippen LogP) is 3.09. The molecule has 3 amide bonds. The van der Waals surface area contributed by atoms with E-state index < -0.39 is 17.5 Å². The number of carbonyl (C=O) groups excluding carboxylic acids is 3. The lowest BCUT2D eigenvalue weighted by Gasteiger charge is -2.22. The van der Waals surface area contributed by atoms with E-state index in [1.165, 1.54) is 7.11 Å². The second-order valence-electron chi connectivity index (χ2n) is 6.14. The van der Waals surface area contributed by atoms with Crippen LogP contribution < -0.4 is 5.32 Å². The van der Waals surface area contributed by atoms with Gasteiger partial charge in [0, 0.05) is 5.02 Å². The molecule has 134 valence electrons. The maximum absolute atomic E-state index is 12.9. The molecule has 0 radical (unpaired) electrons. The van der Waals surface area contributed by atoms with Gasteiger partial charge in [0.25, 0.3) is 5.91 Å². The van der Waals surface area contributed by atoms with Crippen molar-refractivity contribution >= 4 is 29.5 Å². The summed E-state index contributed by atoms with van der Waals surface area (Å²) in [5.74, 6) is -0.788. The normalized spacial score (nSPS) is 19.4. The van der Waals surface area contributed by atoms with Gasteiger partial charge in [0.1, 0.15) is 5.54 Å². The smallest absolute Gasteiger partial charge is 0.337 e. The first kappa shape index (κ1) is 17.9. The Kier molecular flexibility index (Phi) is 4.70. The maximum atomic E-state index is 12.9. The van der Waals surface area contributed by atoms with Crippen LogP contribution >= 0.6 is 11.6 Å². The third-order valence-electron chi connectivity index (χ3n) is 4.41. The van der Waals surface area contributed by atoms with Crippen molar-refractivity contribution in [3.05, 3.63) is 70.2 Å². The molecule has 0 aliphatic carbocycles. The molecule has 0 saturated carbocycles. The van der Waals surface area contributed by atoms with E-state index in [2.05, 4.69) is 10.1 Å². The van der Waals surface area contributed by atoms with Crippen molar-refractivity contribution in [2.75, 3.05) is 7.11 Å². The molecule has 0 unspecified atom stereocenters. The van der Waals surface area contributed by atoms with E-state index in [1.54, 1.807) is 55.5 Å². The molecule has 0 bridgehead atoms. The minimum absolute atomic E-state index is 0.106. The first-order chi connectivity index (χ1) is 12.3. The van der Waals surface area contributed by atoms with Crippen LogP contribution in [-0.4, -0.2) is 29.9 Å². The summed E-state index contributed by atoms with van der Waals surface area (Å²) in [5, 5.41) is 3.30. The van der Waals surface area contributed by atoms with Gasteiger partial charge in [0.2, 0.25) is 0 Å². The number of amides is 3. The Balaban J connectivity index is 1.81. The van der Waals surface area contributed by atoms with Crippen LogP contribution in [0.2, 0.25) is 5.02 Å². The lowest BCUT2D eigenvalue weighted by atomic mass is 9.92. The number of benzene rings is 2. The highest BCUT2D eigenvalue weighted by Gasteiger charge is 2.48. The number of nitrogens with one attached hydrogen (secondary N) is 1. The number of ether oxygens (including phenoxy) is 1. The third kappa shape index (κ3) is 3.15. The van der Waals surface area contributed by atoms with Crippen molar-refractivity contribution in [2.24, 2.45) is 0 Å². The molecule has 2 aromatic rings. The molecule has 0 spiro atoms. The average Bonchev–Trinajstić information content (AvgIpc) is 2.86. The fraction of sp³-hybridized carbons (Fsp3) is 0.211. The molecule has 7 heteroatoms. The first-order valence-electron chi connectivity index (χ1n) is 7.92. The van der Waals surface area contributed by atoms with Crippen LogP contribution in [0, 0.1) is 0 Å². The van der Waals surface area contributed by atoms with Crippen molar-refractivity contribution in [3.63, 3.8) is 0 Å². The van der Waals surface area contributed by atoms with Crippen LogP contribution in [0.5, 0.6) is 0 Å². The van der Waals surface area contributed by atoms with Gasteiger partial charge in [-0.15, -0.1) is 0 Å². The van der Waals surface area contributed by atoms with E-state index in [0.29, 0.717) is 16.1 Å². The zero-order chi connectivity index (χ0) is 18.9. The molecule has 1 saturated heterocycles. The SMILES string of the molecule is COC(=O)c1ccc(CN2C(=O)N[C@](C)(c3ccc(Cl)cc3)C2=O)cc1. The number of methoxy groups -OCH3 is 1. The summed E-state index contributed by atoms with van der Waals surface area (Å²) in [4.78, 5) is 37.9. The highest BCUT2D eigenvalue weighted by atomic mass is 35.5. The van der Waals surface area contributed by atoms with E-state index in [9.17, 15) is 14.4 Å². The molecule has 1 N–H and O–H groups in total. The van der Waals surface area contributed by atoms with Gasteiger partial charge in [-0.1, -0.05) is 35.9 Å². The van der Waals surface area contributed by atoms with Crippen LogP contribution in [0.1, 0.15) is 28.4 Å². The van der Waals surface area contributed by atoms with Crippen LogP contribution in [0.3, 0.4) is 0 Å². The summed E-state index contributed by atoms with van der Waals surface area (Å²) in [6.45, 7) is 1.77. The fourth-order valence-corrected chi connectivity index (χ4v) is 2.99. The number of esters is 1. The van der Waals surface area contributed by atoms with Crippen molar-refractivity contribution in [1.82, 2.24) is 10.2 Å². The number of rotatable bonds is 4.